The predicted molar refractivity (Wildman–Crippen MR) is 88.7 cm³/mol. The van der Waals surface area contributed by atoms with Crippen molar-refractivity contribution in [3.8, 4) is 0 Å². The Morgan fingerprint density at radius 2 is 1.88 bits per heavy atom. The first-order valence-electron chi connectivity index (χ1n) is 8.04. The first kappa shape index (κ1) is 14.8. The number of carbonyl (C=O) groups is 1. The van der Waals surface area contributed by atoms with E-state index in [1.807, 2.05) is 48.5 Å². The van der Waals surface area contributed by atoms with E-state index < -0.39 is 5.76 Å². The van der Waals surface area contributed by atoms with Crippen LogP contribution < -0.4 is 5.76 Å². The number of aromatic nitrogens is 1. The number of para-hydroxylation sites is 2. The molecule has 3 aromatic rings. The van der Waals surface area contributed by atoms with Gasteiger partial charge in [0, 0.05) is 0 Å². The van der Waals surface area contributed by atoms with Crippen LogP contribution in [-0.2, 0) is 16.1 Å². The first-order valence-corrected chi connectivity index (χ1v) is 8.04. The molecule has 0 bridgehead atoms. The monoisotopic (exact) mass is 323 g/mol. The number of esters is 1. The number of nitrogens with zero attached hydrogens (tertiary/aromatic N) is 1. The molecule has 0 saturated heterocycles. The van der Waals surface area contributed by atoms with Gasteiger partial charge in [0.15, 0.2) is 5.58 Å². The van der Waals surface area contributed by atoms with Gasteiger partial charge in [-0.1, -0.05) is 42.5 Å². The Balaban J connectivity index is 1.35. The smallest absolute Gasteiger partial charge is 0.420 e. The number of benzene rings is 2. The lowest BCUT2D eigenvalue weighted by Gasteiger charge is -2.05. The third-order valence-corrected chi connectivity index (χ3v) is 4.45. The van der Waals surface area contributed by atoms with E-state index in [1.165, 1.54) is 10.1 Å². The quantitative estimate of drug-likeness (QED) is 0.677. The van der Waals surface area contributed by atoms with Crippen molar-refractivity contribution in [2.24, 2.45) is 5.92 Å². The van der Waals surface area contributed by atoms with Gasteiger partial charge >= 0.3 is 11.7 Å². The molecule has 0 radical (unpaired) electrons. The van der Waals surface area contributed by atoms with Crippen molar-refractivity contribution in [3.05, 3.63) is 70.7 Å². The van der Waals surface area contributed by atoms with Gasteiger partial charge in [-0.05, 0) is 30.0 Å². The minimum absolute atomic E-state index is 0.0646. The van der Waals surface area contributed by atoms with Crippen molar-refractivity contribution >= 4 is 17.1 Å². The summed E-state index contributed by atoms with van der Waals surface area (Å²) in [6.45, 7) is 0.463. The van der Waals surface area contributed by atoms with E-state index >= 15 is 0 Å². The summed E-state index contributed by atoms with van der Waals surface area (Å²) in [5, 5.41) is 0. The molecule has 122 valence electrons. The summed E-state index contributed by atoms with van der Waals surface area (Å²) >= 11 is 0. The van der Waals surface area contributed by atoms with Crippen molar-refractivity contribution in [2.75, 3.05) is 6.61 Å². The van der Waals surface area contributed by atoms with Crippen LogP contribution in [0.3, 0.4) is 0 Å². The van der Waals surface area contributed by atoms with Gasteiger partial charge < -0.3 is 9.15 Å². The molecule has 0 N–H and O–H groups in total. The molecule has 1 fully saturated rings. The van der Waals surface area contributed by atoms with Crippen LogP contribution >= 0.6 is 0 Å². The fourth-order valence-electron chi connectivity index (χ4n) is 3.09. The minimum Gasteiger partial charge on any atom is -0.464 e. The second-order valence-electron chi connectivity index (χ2n) is 6.01. The van der Waals surface area contributed by atoms with Crippen LogP contribution in [0, 0.1) is 5.92 Å². The average molecular weight is 323 g/mol. The second-order valence-corrected chi connectivity index (χ2v) is 6.01. The van der Waals surface area contributed by atoms with E-state index in [9.17, 15) is 9.59 Å². The Morgan fingerprint density at radius 1 is 1.12 bits per heavy atom. The van der Waals surface area contributed by atoms with Gasteiger partial charge in [-0.3, -0.25) is 9.36 Å². The summed E-state index contributed by atoms with van der Waals surface area (Å²) in [4.78, 5) is 24.0. The lowest BCUT2D eigenvalue weighted by molar-refractivity contribution is -0.145. The summed E-state index contributed by atoms with van der Waals surface area (Å²) < 4.78 is 12.0. The van der Waals surface area contributed by atoms with Gasteiger partial charge in [0.05, 0.1) is 18.0 Å². The van der Waals surface area contributed by atoms with Crippen LogP contribution in [0.1, 0.15) is 17.9 Å². The molecular weight excluding hydrogens is 306 g/mol. The van der Waals surface area contributed by atoms with Crippen LogP contribution in [-0.4, -0.2) is 17.1 Å². The molecule has 1 aromatic heterocycles. The van der Waals surface area contributed by atoms with Gasteiger partial charge in [-0.25, -0.2) is 4.79 Å². The molecule has 5 heteroatoms. The largest absolute Gasteiger partial charge is 0.464 e. The maximum absolute atomic E-state index is 12.1. The van der Waals surface area contributed by atoms with E-state index in [2.05, 4.69) is 0 Å². The molecule has 1 aliphatic rings. The highest BCUT2D eigenvalue weighted by Gasteiger charge is 2.45. The second kappa shape index (κ2) is 6.00. The Labute approximate surface area is 138 Å². The molecular formula is C19H17NO4. The zero-order chi connectivity index (χ0) is 16.5. The zero-order valence-corrected chi connectivity index (χ0v) is 13.1. The molecule has 0 amide bonds. The molecule has 1 aliphatic carbocycles. The van der Waals surface area contributed by atoms with Crippen LogP contribution in [0.25, 0.3) is 11.1 Å². The summed E-state index contributed by atoms with van der Waals surface area (Å²) in [6.07, 6.45) is 0.831. The van der Waals surface area contributed by atoms with Crippen LogP contribution in [0.4, 0.5) is 0 Å². The lowest BCUT2D eigenvalue weighted by Crippen LogP contribution is -2.19. The highest BCUT2D eigenvalue weighted by molar-refractivity contribution is 5.77. The molecule has 0 spiro atoms. The molecule has 5 nitrogen and oxygen atoms in total. The fraction of sp³-hybridized carbons (Fsp3) is 0.263. The summed E-state index contributed by atoms with van der Waals surface area (Å²) in [5.41, 5.74) is 2.43. The molecule has 2 aromatic carbocycles. The van der Waals surface area contributed by atoms with Crippen molar-refractivity contribution in [1.82, 2.24) is 4.57 Å². The lowest BCUT2D eigenvalue weighted by atomic mass is 10.1. The van der Waals surface area contributed by atoms with Crippen molar-refractivity contribution in [3.63, 3.8) is 0 Å². The van der Waals surface area contributed by atoms with Gasteiger partial charge in [0.1, 0.15) is 6.61 Å². The van der Waals surface area contributed by atoms with Gasteiger partial charge in [0.25, 0.3) is 0 Å². The fourth-order valence-corrected chi connectivity index (χ4v) is 3.09. The number of hydrogen-bond acceptors (Lipinski definition) is 4. The first-order chi connectivity index (χ1) is 11.7. The Hall–Kier alpha value is -2.82. The minimum atomic E-state index is -0.430. The topological polar surface area (TPSA) is 61.4 Å². The standard InChI is InChI=1S/C19H17NO4/c21-18(15-12-14(15)13-6-2-1-3-7-13)23-11-10-20-16-8-4-5-9-17(16)24-19(20)22/h1-9,14-15H,10-12H2/t14-,15+/m0/s1. The summed E-state index contributed by atoms with van der Waals surface area (Å²) in [7, 11) is 0. The van der Waals surface area contributed by atoms with E-state index in [1.54, 1.807) is 6.07 Å². The maximum Gasteiger partial charge on any atom is 0.420 e. The normalized spacial score (nSPS) is 19.3. The van der Waals surface area contributed by atoms with Crippen molar-refractivity contribution in [1.29, 1.82) is 0 Å². The molecule has 24 heavy (non-hydrogen) atoms. The molecule has 0 unspecified atom stereocenters. The van der Waals surface area contributed by atoms with Crippen LogP contribution in [0.15, 0.2) is 63.8 Å². The molecule has 1 heterocycles. The van der Waals surface area contributed by atoms with Crippen molar-refractivity contribution in [2.45, 2.75) is 18.9 Å². The summed E-state index contributed by atoms with van der Waals surface area (Å²) in [6, 6.07) is 17.2. The molecule has 0 aliphatic heterocycles. The maximum atomic E-state index is 12.1. The van der Waals surface area contributed by atoms with Crippen LogP contribution in [0.2, 0.25) is 0 Å². The number of carbonyl (C=O) groups excluding carboxylic acids is 1. The van der Waals surface area contributed by atoms with E-state index in [-0.39, 0.29) is 24.4 Å². The van der Waals surface area contributed by atoms with Crippen LogP contribution in [0.5, 0.6) is 0 Å². The Bertz CT molecular complexity index is 925. The number of oxazole rings is 1. The number of rotatable bonds is 5. The highest BCUT2D eigenvalue weighted by atomic mass is 16.5. The Morgan fingerprint density at radius 3 is 2.71 bits per heavy atom. The van der Waals surface area contributed by atoms with E-state index in [0.717, 1.165) is 6.42 Å². The van der Waals surface area contributed by atoms with Crippen molar-refractivity contribution < 1.29 is 13.9 Å². The SMILES string of the molecule is O=C(OCCn1c(=O)oc2ccccc21)[C@@H]1C[C@H]1c1ccccc1. The zero-order valence-electron chi connectivity index (χ0n) is 13.1. The average Bonchev–Trinajstić information content (AvgIpc) is 3.35. The van der Waals surface area contributed by atoms with Gasteiger partial charge in [-0.15, -0.1) is 0 Å². The number of hydrogen-bond donors (Lipinski definition) is 0. The van der Waals surface area contributed by atoms with E-state index in [0.29, 0.717) is 17.6 Å². The molecule has 4 rings (SSSR count). The molecule has 2 atom stereocenters. The van der Waals surface area contributed by atoms with Gasteiger partial charge in [-0.2, -0.15) is 0 Å². The van der Waals surface area contributed by atoms with E-state index in [4.69, 9.17) is 9.15 Å². The third-order valence-electron chi connectivity index (χ3n) is 4.45. The number of fused-ring (bicyclic) bond motifs is 1. The predicted octanol–water partition coefficient (Wildman–Crippen LogP) is 2.94. The third kappa shape index (κ3) is 2.73. The van der Waals surface area contributed by atoms with Gasteiger partial charge in [0.2, 0.25) is 0 Å². The number of ether oxygens (including phenoxy) is 1. The Kier molecular flexibility index (Phi) is 3.69. The summed E-state index contributed by atoms with van der Waals surface area (Å²) in [5.74, 6) is -0.424. The molecule has 1 saturated carbocycles. The highest BCUT2D eigenvalue weighted by Crippen LogP contribution is 2.47.